The van der Waals surface area contributed by atoms with Crippen molar-refractivity contribution in [1.29, 1.82) is 5.26 Å². The van der Waals surface area contributed by atoms with Crippen molar-refractivity contribution in [2.24, 2.45) is 0 Å². The molecule has 4 nitrogen and oxygen atoms in total. The standard InChI is InChI=1S/C59H38N4/c60-39-51-57(44-27-15-5-16-28-44)61-59(62-58(51)45-29-17-6-18-30-45)56-48(42-23-11-3-12-24-42)33-36-54(55(56)43-25-13-4-14-26-43)63-52-34-31-46(40-19-7-1-8-20-40)37-49(52)50-38-47(32-35-53(50)63)41-21-9-2-10-22-41/h1-38H. The van der Waals surface area contributed by atoms with Crippen molar-refractivity contribution in [2.45, 2.75) is 0 Å². The molecule has 4 heteroatoms. The topological polar surface area (TPSA) is 54.5 Å². The van der Waals surface area contributed by atoms with E-state index in [0.717, 1.165) is 77.6 Å². The van der Waals surface area contributed by atoms with Gasteiger partial charge < -0.3 is 4.57 Å². The van der Waals surface area contributed by atoms with Gasteiger partial charge in [-0.1, -0.05) is 200 Å². The van der Waals surface area contributed by atoms with Gasteiger partial charge in [-0.2, -0.15) is 5.26 Å². The van der Waals surface area contributed by atoms with Crippen LogP contribution in [0.25, 0.3) is 106 Å². The fraction of sp³-hybridized carbons (Fsp3) is 0. The molecule has 11 rings (SSSR count). The van der Waals surface area contributed by atoms with Gasteiger partial charge in [-0.05, 0) is 69.3 Å². The Bertz CT molecular complexity index is 3310. The quantitative estimate of drug-likeness (QED) is 0.154. The fourth-order valence-corrected chi connectivity index (χ4v) is 8.96. The molecule has 0 unspecified atom stereocenters. The van der Waals surface area contributed by atoms with Gasteiger partial charge in [0, 0.05) is 33.0 Å². The third-order valence-corrected chi connectivity index (χ3v) is 11.9. The summed E-state index contributed by atoms with van der Waals surface area (Å²) in [5.74, 6) is 0.532. The molecule has 0 atom stereocenters. The molecular weight excluding hydrogens is 765 g/mol. The minimum absolute atomic E-state index is 0.431. The number of nitrogens with zero attached hydrogens (tertiary/aromatic N) is 4. The predicted molar refractivity (Wildman–Crippen MR) is 259 cm³/mol. The second kappa shape index (κ2) is 16.1. The van der Waals surface area contributed by atoms with Crippen LogP contribution in [0.5, 0.6) is 0 Å². The summed E-state index contributed by atoms with van der Waals surface area (Å²) in [6, 6.07) is 82.8. The first-order valence-corrected chi connectivity index (χ1v) is 21.1. The molecule has 2 aromatic heterocycles. The first-order valence-electron chi connectivity index (χ1n) is 21.1. The predicted octanol–water partition coefficient (Wildman–Crippen LogP) is 15.1. The lowest BCUT2D eigenvalue weighted by molar-refractivity contribution is 1.15. The fourth-order valence-electron chi connectivity index (χ4n) is 8.96. The first-order chi connectivity index (χ1) is 31.2. The largest absolute Gasteiger partial charge is 0.309 e. The summed E-state index contributed by atoms with van der Waals surface area (Å²) in [7, 11) is 0. The normalized spacial score (nSPS) is 11.2. The van der Waals surface area contributed by atoms with Crippen LogP contribution < -0.4 is 0 Å². The number of hydrogen-bond acceptors (Lipinski definition) is 3. The highest BCUT2D eigenvalue weighted by atomic mass is 15.0. The van der Waals surface area contributed by atoms with Crippen LogP contribution in [0, 0.1) is 11.3 Å². The Kier molecular flexibility index (Phi) is 9.54. The number of rotatable bonds is 8. The monoisotopic (exact) mass is 802 g/mol. The van der Waals surface area contributed by atoms with Gasteiger partial charge in [-0.25, -0.2) is 9.97 Å². The molecule has 11 aromatic rings. The average Bonchev–Trinajstić information content (AvgIpc) is 3.70. The molecule has 294 valence electrons. The van der Waals surface area contributed by atoms with E-state index in [9.17, 15) is 5.26 Å². The Morgan fingerprint density at radius 1 is 0.349 bits per heavy atom. The molecule has 0 aliphatic rings. The Morgan fingerprint density at radius 3 is 1.17 bits per heavy atom. The molecule has 0 bridgehead atoms. The van der Waals surface area contributed by atoms with Crippen LogP contribution in [0.2, 0.25) is 0 Å². The van der Waals surface area contributed by atoms with E-state index in [1.165, 1.54) is 11.1 Å². The summed E-state index contributed by atoms with van der Waals surface area (Å²) in [5, 5.41) is 13.2. The van der Waals surface area contributed by atoms with E-state index in [4.69, 9.17) is 9.97 Å². The molecule has 0 aliphatic carbocycles. The zero-order chi connectivity index (χ0) is 42.1. The van der Waals surface area contributed by atoms with Crippen molar-refractivity contribution in [2.75, 3.05) is 0 Å². The molecule has 0 saturated carbocycles. The molecule has 0 amide bonds. The van der Waals surface area contributed by atoms with Crippen LogP contribution >= 0.6 is 0 Å². The number of benzene rings is 9. The Labute approximate surface area is 366 Å². The lowest BCUT2D eigenvalue weighted by atomic mass is 9.89. The summed E-state index contributed by atoms with van der Waals surface area (Å²) in [4.78, 5) is 10.9. The Morgan fingerprint density at radius 2 is 0.746 bits per heavy atom. The van der Waals surface area contributed by atoms with E-state index in [1.54, 1.807) is 0 Å². The third-order valence-electron chi connectivity index (χ3n) is 11.9. The van der Waals surface area contributed by atoms with Crippen LogP contribution in [0.3, 0.4) is 0 Å². The van der Waals surface area contributed by atoms with E-state index in [2.05, 4.69) is 174 Å². The number of nitriles is 1. The van der Waals surface area contributed by atoms with E-state index < -0.39 is 0 Å². The maximum atomic E-state index is 10.9. The second-order valence-corrected chi connectivity index (χ2v) is 15.6. The Hall–Kier alpha value is -8.65. The lowest BCUT2D eigenvalue weighted by Gasteiger charge is -2.22. The van der Waals surface area contributed by atoms with Gasteiger partial charge in [0.15, 0.2) is 5.82 Å². The van der Waals surface area contributed by atoms with Gasteiger partial charge in [-0.15, -0.1) is 0 Å². The van der Waals surface area contributed by atoms with Crippen LogP contribution in [0.1, 0.15) is 5.56 Å². The molecule has 63 heavy (non-hydrogen) atoms. The highest BCUT2D eigenvalue weighted by molar-refractivity contribution is 6.13. The summed E-state index contributed by atoms with van der Waals surface area (Å²) in [6.07, 6.45) is 0. The van der Waals surface area contributed by atoms with Gasteiger partial charge in [0.05, 0.1) is 28.1 Å². The second-order valence-electron chi connectivity index (χ2n) is 15.6. The highest BCUT2D eigenvalue weighted by Gasteiger charge is 2.27. The van der Waals surface area contributed by atoms with Gasteiger partial charge in [0.25, 0.3) is 0 Å². The Balaban J connectivity index is 1.28. The summed E-state index contributed by atoms with van der Waals surface area (Å²) in [5.41, 5.74) is 16.0. The third kappa shape index (κ3) is 6.75. The SMILES string of the molecule is N#Cc1c(-c2ccccc2)nc(-c2c(-c3ccccc3)ccc(-n3c4ccc(-c5ccccc5)cc4c4cc(-c5ccccc5)ccc43)c2-c2ccccc2)nc1-c1ccccc1. The minimum atomic E-state index is 0.431. The van der Waals surface area contributed by atoms with Crippen LogP contribution in [0.4, 0.5) is 0 Å². The van der Waals surface area contributed by atoms with Gasteiger partial charge >= 0.3 is 0 Å². The number of fused-ring (bicyclic) bond motifs is 3. The van der Waals surface area contributed by atoms with Gasteiger partial charge in [0.1, 0.15) is 11.6 Å². The minimum Gasteiger partial charge on any atom is -0.309 e. The van der Waals surface area contributed by atoms with E-state index in [-0.39, 0.29) is 0 Å². The van der Waals surface area contributed by atoms with Crippen LogP contribution in [0.15, 0.2) is 231 Å². The zero-order valence-electron chi connectivity index (χ0n) is 34.2. The van der Waals surface area contributed by atoms with Crippen molar-refractivity contribution in [3.63, 3.8) is 0 Å². The highest BCUT2D eigenvalue weighted by Crippen LogP contribution is 2.47. The smallest absolute Gasteiger partial charge is 0.161 e. The molecule has 9 aromatic carbocycles. The summed E-state index contributed by atoms with van der Waals surface area (Å²) >= 11 is 0. The molecule has 0 saturated heterocycles. The van der Waals surface area contributed by atoms with Crippen molar-refractivity contribution >= 4 is 21.8 Å². The molecule has 0 spiro atoms. The molecular formula is C59H38N4. The van der Waals surface area contributed by atoms with E-state index in [0.29, 0.717) is 22.8 Å². The van der Waals surface area contributed by atoms with Gasteiger partial charge in [0.2, 0.25) is 0 Å². The van der Waals surface area contributed by atoms with Crippen LogP contribution in [-0.4, -0.2) is 14.5 Å². The zero-order valence-corrected chi connectivity index (χ0v) is 34.2. The number of hydrogen-bond donors (Lipinski definition) is 0. The molecule has 2 heterocycles. The van der Waals surface area contributed by atoms with Crippen molar-refractivity contribution in [1.82, 2.24) is 14.5 Å². The maximum Gasteiger partial charge on any atom is 0.161 e. The number of aromatic nitrogens is 3. The molecule has 0 radical (unpaired) electrons. The van der Waals surface area contributed by atoms with E-state index >= 15 is 0 Å². The summed E-state index contributed by atoms with van der Waals surface area (Å²) in [6.45, 7) is 0. The van der Waals surface area contributed by atoms with Crippen molar-refractivity contribution in [3.8, 4) is 90.2 Å². The maximum absolute atomic E-state index is 10.9. The lowest BCUT2D eigenvalue weighted by Crippen LogP contribution is -2.05. The van der Waals surface area contributed by atoms with Crippen molar-refractivity contribution < 1.29 is 0 Å². The molecule has 0 N–H and O–H groups in total. The molecule has 0 fully saturated rings. The van der Waals surface area contributed by atoms with E-state index in [1.807, 2.05) is 66.7 Å². The van der Waals surface area contributed by atoms with Gasteiger partial charge in [-0.3, -0.25) is 0 Å². The summed E-state index contributed by atoms with van der Waals surface area (Å²) < 4.78 is 2.41. The average molecular weight is 803 g/mol. The van der Waals surface area contributed by atoms with Crippen LogP contribution in [-0.2, 0) is 0 Å². The molecule has 0 aliphatic heterocycles. The van der Waals surface area contributed by atoms with Crippen molar-refractivity contribution in [3.05, 3.63) is 236 Å². The first kappa shape index (κ1) is 37.4.